The van der Waals surface area contributed by atoms with E-state index in [0.29, 0.717) is 24.1 Å². The zero-order valence-electron chi connectivity index (χ0n) is 18.9. The number of hydrogen-bond acceptors (Lipinski definition) is 4. The van der Waals surface area contributed by atoms with Crippen LogP contribution >= 0.6 is 0 Å². The summed E-state index contributed by atoms with van der Waals surface area (Å²) in [6.07, 6.45) is 5.54. The van der Waals surface area contributed by atoms with Crippen molar-refractivity contribution in [3.8, 4) is 0 Å². The SMILES string of the molecule is CCCCCC(=O)Nc1ccc(C(=O)CN2C(=O)N[C@@]3(CCCc4ccccc43)C2=O)cc1. The fourth-order valence-corrected chi connectivity index (χ4v) is 4.69. The van der Waals surface area contributed by atoms with E-state index in [4.69, 9.17) is 0 Å². The Kier molecular flexibility index (Phi) is 6.58. The fraction of sp³-hybridized carbons (Fsp3) is 0.385. The molecular formula is C26H29N3O4. The lowest BCUT2D eigenvalue weighted by Crippen LogP contribution is -2.46. The summed E-state index contributed by atoms with van der Waals surface area (Å²) in [5.41, 5.74) is 1.78. The summed E-state index contributed by atoms with van der Waals surface area (Å²) >= 11 is 0. The van der Waals surface area contributed by atoms with E-state index >= 15 is 0 Å². The summed E-state index contributed by atoms with van der Waals surface area (Å²) in [6, 6.07) is 13.6. The zero-order valence-corrected chi connectivity index (χ0v) is 18.9. The van der Waals surface area contributed by atoms with Crippen LogP contribution in [0.5, 0.6) is 0 Å². The van der Waals surface area contributed by atoms with Crippen LogP contribution in [-0.2, 0) is 21.5 Å². The largest absolute Gasteiger partial charge is 0.326 e. The highest BCUT2D eigenvalue weighted by atomic mass is 16.2. The van der Waals surface area contributed by atoms with Gasteiger partial charge in [-0.2, -0.15) is 0 Å². The van der Waals surface area contributed by atoms with Gasteiger partial charge in [0.2, 0.25) is 5.91 Å². The maximum Gasteiger partial charge on any atom is 0.325 e. The van der Waals surface area contributed by atoms with Crippen molar-refractivity contribution in [2.45, 2.75) is 57.4 Å². The third-order valence-electron chi connectivity index (χ3n) is 6.45. The van der Waals surface area contributed by atoms with Gasteiger partial charge in [0.1, 0.15) is 5.54 Å². The standard InChI is InChI=1S/C26H29N3O4/c1-2-3-4-11-23(31)27-20-14-12-19(13-15-20)22(30)17-29-24(32)26(28-25(29)33)16-7-9-18-8-5-6-10-21(18)26/h5-6,8,10,12-15H,2-4,7,9,11,16-17H2,1H3,(H,27,31)(H,28,33)/t26-/m1/s1. The lowest BCUT2D eigenvalue weighted by molar-refractivity contribution is -0.131. The number of aryl methyl sites for hydroxylation is 1. The Morgan fingerprint density at radius 2 is 1.82 bits per heavy atom. The first kappa shape index (κ1) is 22.7. The van der Waals surface area contributed by atoms with Crippen molar-refractivity contribution in [2.24, 2.45) is 0 Å². The maximum absolute atomic E-state index is 13.3. The topological polar surface area (TPSA) is 95.6 Å². The van der Waals surface area contributed by atoms with Crippen LogP contribution in [-0.4, -0.2) is 35.1 Å². The predicted octanol–water partition coefficient (Wildman–Crippen LogP) is 4.17. The van der Waals surface area contributed by atoms with Gasteiger partial charge in [0.15, 0.2) is 5.78 Å². The maximum atomic E-state index is 13.3. The summed E-state index contributed by atoms with van der Waals surface area (Å²) < 4.78 is 0. The molecule has 1 aliphatic heterocycles. The van der Waals surface area contributed by atoms with Crippen LogP contribution in [0, 0.1) is 0 Å². The third kappa shape index (κ3) is 4.53. The van der Waals surface area contributed by atoms with Crippen LogP contribution in [0.1, 0.15) is 66.9 Å². The van der Waals surface area contributed by atoms with Crippen molar-refractivity contribution >= 4 is 29.3 Å². The molecule has 0 saturated carbocycles. The summed E-state index contributed by atoms with van der Waals surface area (Å²) in [4.78, 5) is 51.9. The van der Waals surface area contributed by atoms with Gasteiger partial charge >= 0.3 is 6.03 Å². The number of carbonyl (C=O) groups excluding carboxylic acids is 4. The molecule has 172 valence electrons. The Bertz CT molecular complexity index is 1080. The van der Waals surface area contributed by atoms with Gasteiger partial charge in [-0.25, -0.2) is 4.79 Å². The first-order valence-corrected chi connectivity index (χ1v) is 11.6. The van der Waals surface area contributed by atoms with E-state index in [0.717, 1.165) is 48.1 Å². The molecule has 33 heavy (non-hydrogen) atoms. The molecule has 4 amide bonds. The molecular weight excluding hydrogens is 418 g/mol. The normalized spacial score (nSPS) is 19.4. The number of Topliss-reactive ketones (excluding diaryl/α,β-unsaturated/α-hetero) is 1. The number of carbonyl (C=O) groups is 4. The van der Waals surface area contributed by atoms with Crippen molar-refractivity contribution in [3.05, 3.63) is 65.2 Å². The summed E-state index contributed by atoms with van der Waals surface area (Å²) in [5.74, 6) is -0.760. The number of amides is 4. The molecule has 2 aromatic rings. The number of rotatable bonds is 8. The van der Waals surface area contributed by atoms with E-state index in [2.05, 4.69) is 17.6 Å². The lowest BCUT2D eigenvalue weighted by atomic mass is 9.76. The Balaban J connectivity index is 1.42. The van der Waals surface area contributed by atoms with Gasteiger partial charge in [0.05, 0.1) is 6.54 Å². The number of fused-ring (bicyclic) bond motifs is 2. The van der Waals surface area contributed by atoms with E-state index in [9.17, 15) is 19.2 Å². The second-order valence-electron chi connectivity index (χ2n) is 8.74. The molecule has 0 bridgehead atoms. The summed E-state index contributed by atoms with van der Waals surface area (Å²) in [5, 5.41) is 5.70. The lowest BCUT2D eigenvalue weighted by Gasteiger charge is -2.33. The molecule has 2 aromatic carbocycles. The van der Waals surface area contributed by atoms with Crippen molar-refractivity contribution in [1.82, 2.24) is 10.2 Å². The highest BCUT2D eigenvalue weighted by molar-refractivity contribution is 6.11. The van der Waals surface area contributed by atoms with Crippen LogP contribution < -0.4 is 10.6 Å². The van der Waals surface area contributed by atoms with Gasteiger partial charge < -0.3 is 10.6 Å². The first-order valence-electron chi connectivity index (χ1n) is 11.6. The number of hydrogen-bond donors (Lipinski definition) is 2. The van der Waals surface area contributed by atoms with Gasteiger partial charge in [-0.15, -0.1) is 0 Å². The van der Waals surface area contributed by atoms with Crippen LogP contribution in [0.15, 0.2) is 48.5 Å². The number of benzene rings is 2. The molecule has 1 saturated heterocycles. The molecule has 1 spiro atoms. The molecule has 0 unspecified atom stereocenters. The van der Waals surface area contributed by atoms with Gasteiger partial charge in [-0.05, 0) is 61.1 Å². The third-order valence-corrected chi connectivity index (χ3v) is 6.45. The van der Waals surface area contributed by atoms with Gasteiger partial charge in [0.25, 0.3) is 5.91 Å². The van der Waals surface area contributed by atoms with Gasteiger partial charge in [0, 0.05) is 17.7 Å². The Labute approximate surface area is 193 Å². The molecule has 7 nitrogen and oxygen atoms in total. The summed E-state index contributed by atoms with van der Waals surface area (Å²) in [7, 11) is 0. The quantitative estimate of drug-likeness (QED) is 0.361. The molecule has 7 heteroatoms. The molecule has 1 aliphatic carbocycles. The average Bonchev–Trinajstić information content (AvgIpc) is 3.04. The van der Waals surface area contributed by atoms with E-state index in [1.54, 1.807) is 24.3 Å². The van der Waals surface area contributed by atoms with E-state index < -0.39 is 11.6 Å². The Hall–Kier alpha value is -3.48. The molecule has 1 heterocycles. The Morgan fingerprint density at radius 1 is 1.06 bits per heavy atom. The zero-order chi connectivity index (χ0) is 23.4. The van der Waals surface area contributed by atoms with Crippen molar-refractivity contribution < 1.29 is 19.2 Å². The number of nitrogens with zero attached hydrogens (tertiary/aromatic N) is 1. The number of imide groups is 1. The minimum atomic E-state index is -1.09. The van der Waals surface area contributed by atoms with E-state index in [1.165, 1.54) is 0 Å². The van der Waals surface area contributed by atoms with Crippen molar-refractivity contribution in [1.29, 1.82) is 0 Å². The molecule has 2 aliphatic rings. The second kappa shape index (κ2) is 9.57. The molecule has 2 N–H and O–H groups in total. The van der Waals surface area contributed by atoms with Gasteiger partial charge in [-0.3, -0.25) is 19.3 Å². The van der Waals surface area contributed by atoms with Crippen molar-refractivity contribution in [2.75, 3.05) is 11.9 Å². The summed E-state index contributed by atoms with van der Waals surface area (Å²) in [6.45, 7) is 1.76. The minimum absolute atomic E-state index is 0.0556. The molecule has 1 atom stereocenters. The monoisotopic (exact) mass is 447 g/mol. The molecule has 1 fully saturated rings. The first-order chi connectivity index (χ1) is 15.9. The predicted molar refractivity (Wildman–Crippen MR) is 125 cm³/mol. The molecule has 0 radical (unpaired) electrons. The number of anilines is 1. The number of nitrogens with one attached hydrogen (secondary N) is 2. The number of ketones is 1. The van der Waals surface area contributed by atoms with Crippen molar-refractivity contribution in [3.63, 3.8) is 0 Å². The Morgan fingerprint density at radius 3 is 2.58 bits per heavy atom. The molecule has 4 rings (SSSR count). The van der Waals surface area contributed by atoms with E-state index in [1.807, 2.05) is 24.3 Å². The second-order valence-corrected chi connectivity index (χ2v) is 8.74. The highest BCUT2D eigenvalue weighted by Crippen LogP contribution is 2.39. The number of urea groups is 1. The minimum Gasteiger partial charge on any atom is -0.326 e. The van der Waals surface area contributed by atoms with Crippen LogP contribution in [0.2, 0.25) is 0 Å². The molecule has 0 aromatic heterocycles. The number of unbranched alkanes of at least 4 members (excludes halogenated alkanes) is 2. The van der Waals surface area contributed by atoms with Crippen LogP contribution in [0.25, 0.3) is 0 Å². The fourth-order valence-electron chi connectivity index (χ4n) is 4.69. The van der Waals surface area contributed by atoms with Crippen LogP contribution in [0.3, 0.4) is 0 Å². The smallest absolute Gasteiger partial charge is 0.325 e. The van der Waals surface area contributed by atoms with E-state index in [-0.39, 0.29) is 24.1 Å². The average molecular weight is 448 g/mol. The highest BCUT2D eigenvalue weighted by Gasteiger charge is 2.54. The van der Waals surface area contributed by atoms with Gasteiger partial charge in [-0.1, -0.05) is 44.0 Å². The van der Waals surface area contributed by atoms with Crippen LogP contribution in [0.4, 0.5) is 10.5 Å².